The first-order chi connectivity index (χ1) is 15.8. The van der Waals surface area contributed by atoms with Gasteiger partial charge in [0.2, 0.25) is 5.91 Å². The summed E-state index contributed by atoms with van der Waals surface area (Å²) in [6, 6.07) is 9.08. The molecule has 0 bridgehead atoms. The van der Waals surface area contributed by atoms with Crippen molar-refractivity contribution in [1.29, 1.82) is 0 Å². The van der Waals surface area contributed by atoms with Crippen LogP contribution in [0, 0.1) is 0 Å². The van der Waals surface area contributed by atoms with E-state index in [2.05, 4.69) is 0 Å². The SMILES string of the molecule is CC(OC1CN(C(=O)C(N)CO)CC1c1ccccc1)c1cc(C(F)(F)F)cc(C(F)(F)F)c1. The van der Waals surface area contributed by atoms with Crippen molar-refractivity contribution in [2.45, 2.75) is 43.4 Å². The molecule has 4 unspecified atom stereocenters. The minimum absolute atomic E-state index is 0.0154. The van der Waals surface area contributed by atoms with E-state index in [0.29, 0.717) is 12.1 Å². The third-order valence-corrected chi connectivity index (χ3v) is 5.78. The second-order valence-electron chi connectivity index (χ2n) is 8.21. The van der Waals surface area contributed by atoms with Gasteiger partial charge in [-0.15, -0.1) is 0 Å². The Hall–Kier alpha value is -2.63. The molecule has 2 aromatic rings. The number of carbonyl (C=O) groups excluding carboxylic acids is 1. The maximum absolute atomic E-state index is 13.3. The fourth-order valence-corrected chi connectivity index (χ4v) is 3.98. The van der Waals surface area contributed by atoms with Gasteiger partial charge in [-0.3, -0.25) is 4.79 Å². The van der Waals surface area contributed by atoms with Crippen LogP contribution in [0.15, 0.2) is 48.5 Å². The molecule has 1 amide bonds. The molecule has 2 aromatic carbocycles. The average molecular weight is 490 g/mol. The lowest BCUT2D eigenvalue weighted by atomic mass is 9.95. The highest BCUT2D eigenvalue weighted by molar-refractivity contribution is 5.82. The Bertz CT molecular complexity index is 964. The van der Waals surface area contributed by atoms with Gasteiger partial charge in [0.1, 0.15) is 6.04 Å². The fourth-order valence-electron chi connectivity index (χ4n) is 3.98. The number of aliphatic hydroxyl groups excluding tert-OH is 1. The molecule has 0 spiro atoms. The predicted molar refractivity (Wildman–Crippen MR) is 111 cm³/mol. The highest BCUT2D eigenvalue weighted by Gasteiger charge is 2.40. The van der Waals surface area contributed by atoms with Crippen molar-refractivity contribution in [1.82, 2.24) is 4.90 Å². The molecular formula is C23H24F6N2O3. The molecule has 1 saturated heterocycles. The zero-order valence-electron chi connectivity index (χ0n) is 18.1. The number of rotatable bonds is 6. The van der Waals surface area contributed by atoms with Crippen molar-refractivity contribution < 1.29 is 41.0 Å². The molecule has 0 aromatic heterocycles. The number of carbonyl (C=O) groups is 1. The van der Waals surface area contributed by atoms with Gasteiger partial charge in [0.25, 0.3) is 0 Å². The lowest BCUT2D eigenvalue weighted by Crippen LogP contribution is -2.45. The Morgan fingerprint density at radius 3 is 2.12 bits per heavy atom. The van der Waals surface area contributed by atoms with Gasteiger partial charge in [-0.2, -0.15) is 26.3 Å². The van der Waals surface area contributed by atoms with Crippen LogP contribution >= 0.6 is 0 Å². The molecule has 4 atom stereocenters. The van der Waals surface area contributed by atoms with Crippen LogP contribution in [0.25, 0.3) is 0 Å². The van der Waals surface area contributed by atoms with Gasteiger partial charge in [-0.1, -0.05) is 30.3 Å². The number of halogens is 6. The van der Waals surface area contributed by atoms with Gasteiger partial charge in [-0.05, 0) is 36.2 Å². The van der Waals surface area contributed by atoms with Gasteiger partial charge < -0.3 is 20.5 Å². The molecule has 3 rings (SSSR count). The largest absolute Gasteiger partial charge is 0.416 e. The normalized spacial score (nSPS) is 20.9. The van der Waals surface area contributed by atoms with Crippen LogP contribution < -0.4 is 5.73 Å². The van der Waals surface area contributed by atoms with E-state index in [4.69, 9.17) is 10.5 Å². The summed E-state index contributed by atoms with van der Waals surface area (Å²) >= 11 is 0. The van der Waals surface area contributed by atoms with Crippen molar-refractivity contribution in [3.63, 3.8) is 0 Å². The Kier molecular flexibility index (Phi) is 7.59. The number of aliphatic hydroxyl groups is 1. The maximum Gasteiger partial charge on any atom is 0.416 e. The van der Waals surface area contributed by atoms with Crippen molar-refractivity contribution >= 4 is 5.91 Å². The molecule has 1 aliphatic heterocycles. The van der Waals surface area contributed by atoms with Crippen LogP contribution in [0.1, 0.15) is 41.2 Å². The van der Waals surface area contributed by atoms with E-state index in [1.807, 2.05) is 0 Å². The quantitative estimate of drug-likeness (QED) is 0.598. The number of nitrogens with zero attached hydrogens (tertiary/aromatic N) is 1. The Morgan fingerprint density at radius 2 is 1.62 bits per heavy atom. The molecule has 34 heavy (non-hydrogen) atoms. The second kappa shape index (κ2) is 9.93. The molecule has 0 saturated carbocycles. The zero-order valence-corrected chi connectivity index (χ0v) is 18.1. The number of hydrogen-bond donors (Lipinski definition) is 2. The van der Waals surface area contributed by atoms with Crippen LogP contribution in [-0.2, 0) is 21.9 Å². The molecule has 1 aliphatic rings. The highest BCUT2D eigenvalue weighted by atomic mass is 19.4. The molecule has 5 nitrogen and oxygen atoms in total. The van der Waals surface area contributed by atoms with E-state index in [1.54, 1.807) is 30.3 Å². The number of benzene rings is 2. The number of amides is 1. The van der Waals surface area contributed by atoms with Gasteiger partial charge in [0.15, 0.2) is 0 Å². The van der Waals surface area contributed by atoms with Crippen molar-refractivity contribution in [3.8, 4) is 0 Å². The number of likely N-dealkylation sites (tertiary alicyclic amines) is 1. The summed E-state index contributed by atoms with van der Waals surface area (Å²) in [4.78, 5) is 13.9. The number of alkyl halides is 6. The van der Waals surface area contributed by atoms with Crippen LogP contribution in [0.4, 0.5) is 26.3 Å². The summed E-state index contributed by atoms with van der Waals surface area (Å²) in [7, 11) is 0. The summed E-state index contributed by atoms with van der Waals surface area (Å²) in [6.45, 7) is 0.977. The van der Waals surface area contributed by atoms with E-state index < -0.39 is 60.2 Å². The first-order valence-electron chi connectivity index (χ1n) is 10.5. The third kappa shape index (κ3) is 5.89. The maximum atomic E-state index is 13.3. The molecule has 1 heterocycles. The minimum Gasteiger partial charge on any atom is -0.394 e. The topological polar surface area (TPSA) is 75.8 Å². The Balaban J connectivity index is 1.92. The van der Waals surface area contributed by atoms with E-state index in [1.165, 1.54) is 11.8 Å². The van der Waals surface area contributed by atoms with Crippen molar-refractivity contribution in [2.24, 2.45) is 5.73 Å². The van der Waals surface area contributed by atoms with Gasteiger partial charge >= 0.3 is 12.4 Å². The predicted octanol–water partition coefficient (Wildman–Crippen LogP) is 4.12. The summed E-state index contributed by atoms with van der Waals surface area (Å²) in [5.41, 5.74) is 3.28. The molecule has 3 N–H and O–H groups in total. The summed E-state index contributed by atoms with van der Waals surface area (Å²) in [5.74, 6) is -0.924. The van der Waals surface area contributed by atoms with E-state index >= 15 is 0 Å². The number of hydrogen-bond acceptors (Lipinski definition) is 4. The van der Waals surface area contributed by atoms with Crippen molar-refractivity contribution in [3.05, 3.63) is 70.8 Å². The zero-order chi connectivity index (χ0) is 25.3. The average Bonchev–Trinajstić information content (AvgIpc) is 3.20. The summed E-state index contributed by atoms with van der Waals surface area (Å²) < 4.78 is 85.5. The minimum atomic E-state index is -4.97. The standard InChI is InChI=1S/C23H24F6N2O3/c1-13(15-7-16(22(24,25)26)9-17(8-15)23(27,28)29)34-20-11-31(21(33)19(30)12-32)10-18(20)14-5-3-2-4-6-14/h2-9,13,18-20,32H,10-12,30H2,1H3. The number of ether oxygens (including phenoxy) is 1. The van der Waals surface area contributed by atoms with Gasteiger partial charge in [-0.25, -0.2) is 0 Å². The molecule has 0 aliphatic carbocycles. The first-order valence-corrected chi connectivity index (χ1v) is 10.5. The van der Waals surface area contributed by atoms with Crippen molar-refractivity contribution in [2.75, 3.05) is 19.7 Å². The van der Waals surface area contributed by atoms with E-state index in [9.17, 15) is 36.2 Å². The summed E-state index contributed by atoms with van der Waals surface area (Å²) in [5, 5.41) is 9.20. The van der Waals surface area contributed by atoms with E-state index in [0.717, 1.165) is 5.56 Å². The molecule has 11 heteroatoms. The second-order valence-corrected chi connectivity index (χ2v) is 8.21. The Labute approximate surface area is 192 Å². The Morgan fingerprint density at radius 1 is 1.06 bits per heavy atom. The van der Waals surface area contributed by atoms with Crippen LogP contribution in [0.3, 0.4) is 0 Å². The molecule has 0 radical (unpaired) electrons. The molecular weight excluding hydrogens is 466 g/mol. The molecule has 186 valence electrons. The lowest BCUT2D eigenvalue weighted by molar-refractivity contribution is -0.143. The van der Waals surface area contributed by atoms with Crippen LogP contribution in [0.5, 0.6) is 0 Å². The lowest BCUT2D eigenvalue weighted by Gasteiger charge is -2.25. The highest BCUT2D eigenvalue weighted by Crippen LogP contribution is 2.39. The monoisotopic (exact) mass is 490 g/mol. The smallest absolute Gasteiger partial charge is 0.394 e. The van der Waals surface area contributed by atoms with Crippen LogP contribution in [-0.4, -0.2) is 47.8 Å². The first kappa shape index (κ1) is 26.0. The molecule has 1 fully saturated rings. The summed E-state index contributed by atoms with van der Waals surface area (Å²) in [6.07, 6.45) is -11.8. The number of nitrogens with two attached hydrogens (primary N) is 1. The third-order valence-electron chi connectivity index (χ3n) is 5.78. The van der Waals surface area contributed by atoms with Gasteiger partial charge in [0.05, 0.1) is 29.9 Å². The van der Waals surface area contributed by atoms with Crippen LogP contribution in [0.2, 0.25) is 0 Å². The fraction of sp³-hybridized carbons (Fsp3) is 0.435. The van der Waals surface area contributed by atoms with E-state index in [-0.39, 0.29) is 24.7 Å². The van der Waals surface area contributed by atoms with Gasteiger partial charge in [0, 0.05) is 19.0 Å².